The molecule has 0 heterocycles. The van der Waals surface area contributed by atoms with Gasteiger partial charge in [-0.1, -0.05) is 0 Å². The first-order valence-corrected chi connectivity index (χ1v) is 3.48. The van der Waals surface area contributed by atoms with Crippen LogP contribution in [0.1, 0.15) is 0 Å². The molecular weight excluding hydrogens is 687 g/mol. The molecule has 0 aliphatic carbocycles. The van der Waals surface area contributed by atoms with Crippen LogP contribution >= 0.6 is 7.60 Å². The Morgan fingerprint density at radius 3 is 1.45 bits per heavy atom. The molecule has 9 heteroatoms. The van der Waals surface area contributed by atoms with Crippen molar-refractivity contribution in [2.45, 2.75) is 0 Å². The second-order valence-corrected chi connectivity index (χ2v) is 2.86. The largest absolute Gasteiger partial charge is 0.481 e. The van der Waals surface area contributed by atoms with Gasteiger partial charge in [0.2, 0.25) is 0 Å². The molecule has 0 aliphatic heterocycles. The standard InChI is InChI=1S/C2H5O5P.3W/c3-2(4)1-8(5,6)7;;;/h1H2,(H,3,4)(H2,5,6,7);;;. The summed E-state index contributed by atoms with van der Waals surface area (Å²) in [5, 5.41) is 7.76. The number of carbonyl (C=O) groups is 1. The molecule has 0 aromatic carbocycles. The second-order valence-electron chi connectivity index (χ2n) is 1.22. The third kappa shape index (κ3) is 24.5. The van der Waals surface area contributed by atoms with Crippen molar-refractivity contribution in [2.75, 3.05) is 6.16 Å². The summed E-state index contributed by atoms with van der Waals surface area (Å²) in [5.41, 5.74) is 0. The van der Waals surface area contributed by atoms with Gasteiger partial charge in [-0.3, -0.25) is 9.36 Å². The summed E-state index contributed by atoms with van der Waals surface area (Å²) in [7, 11) is -4.32. The van der Waals surface area contributed by atoms with Crippen LogP contribution in [-0.4, -0.2) is 27.0 Å². The van der Waals surface area contributed by atoms with E-state index < -0.39 is 19.7 Å². The van der Waals surface area contributed by atoms with Crippen LogP contribution in [0.3, 0.4) is 0 Å². The molecule has 66 valence electrons. The van der Waals surface area contributed by atoms with Gasteiger partial charge in [-0.2, -0.15) is 0 Å². The molecule has 0 spiro atoms. The normalized spacial score (nSPS) is 8.18. The number of hydrogen-bond donors (Lipinski definition) is 3. The van der Waals surface area contributed by atoms with Crippen LogP contribution in [-0.2, 0) is 72.6 Å². The minimum Gasteiger partial charge on any atom is -0.481 e. The van der Waals surface area contributed by atoms with E-state index in [9.17, 15) is 9.36 Å². The van der Waals surface area contributed by atoms with Gasteiger partial charge >= 0.3 is 13.6 Å². The molecule has 0 saturated carbocycles. The summed E-state index contributed by atoms with van der Waals surface area (Å²) in [6.07, 6.45) is -1.09. The zero-order valence-corrected chi connectivity index (χ0v) is 14.7. The molecule has 0 bridgehead atoms. The maximum Gasteiger partial charge on any atom is 0.336 e. The topological polar surface area (TPSA) is 94.8 Å². The number of rotatable bonds is 2. The first-order chi connectivity index (χ1) is 3.42. The van der Waals surface area contributed by atoms with Crippen molar-refractivity contribution in [1.29, 1.82) is 0 Å². The number of carboxylic acids is 1. The summed E-state index contributed by atoms with van der Waals surface area (Å²) in [6.45, 7) is 0. The predicted molar refractivity (Wildman–Crippen MR) is 24.5 cm³/mol. The van der Waals surface area contributed by atoms with Gasteiger partial charge in [0.25, 0.3) is 0 Å². The van der Waals surface area contributed by atoms with Crippen molar-refractivity contribution < 1.29 is 87.4 Å². The van der Waals surface area contributed by atoms with Crippen molar-refractivity contribution in [3.63, 3.8) is 0 Å². The van der Waals surface area contributed by atoms with Gasteiger partial charge in [0, 0.05) is 63.2 Å². The maximum absolute atomic E-state index is 9.76. The Morgan fingerprint density at radius 2 is 1.45 bits per heavy atom. The van der Waals surface area contributed by atoms with E-state index in [0.717, 1.165) is 0 Å². The van der Waals surface area contributed by atoms with Gasteiger partial charge in [-0.25, -0.2) is 0 Å². The molecule has 11 heavy (non-hydrogen) atoms. The van der Waals surface area contributed by atoms with E-state index in [0.29, 0.717) is 0 Å². The molecule has 0 aliphatic rings. The molecular formula is C2H5O5PW3. The molecule has 0 aromatic rings. The third-order valence-corrected chi connectivity index (χ3v) is 1.02. The van der Waals surface area contributed by atoms with Gasteiger partial charge in [0.1, 0.15) is 6.16 Å². The van der Waals surface area contributed by atoms with Crippen LogP contribution in [0.25, 0.3) is 0 Å². The van der Waals surface area contributed by atoms with Crippen LogP contribution in [0, 0.1) is 0 Å². The van der Waals surface area contributed by atoms with E-state index in [1.807, 2.05) is 0 Å². The third-order valence-electron chi connectivity index (χ3n) is 0.341. The van der Waals surface area contributed by atoms with E-state index in [4.69, 9.17) is 14.9 Å². The minimum absolute atomic E-state index is 0. The summed E-state index contributed by atoms with van der Waals surface area (Å²) in [6, 6.07) is 0. The van der Waals surface area contributed by atoms with E-state index in [-0.39, 0.29) is 63.2 Å². The summed E-state index contributed by atoms with van der Waals surface area (Å²) < 4.78 is 9.76. The summed E-state index contributed by atoms with van der Waals surface area (Å²) in [4.78, 5) is 25.4. The Morgan fingerprint density at radius 1 is 1.18 bits per heavy atom. The van der Waals surface area contributed by atoms with E-state index in [1.54, 1.807) is 0 Å². The average molecular weight is 692 g/mol. The zero-order valence-electron chi connectivity index (χ0n) is 5.04. The second kappa shape index (κ2) is 9.77. The van der Waals surface area contributed by atoms with Crippen molar-refractivity contribution in [3.8, 4) is 0 Å². The van der Waals surface area contributed by atoms with Gasteiger partial charge in [0.15, 0.2) is 0 Å². The number of carboxylic acid groups (broad SMARTS) is 1. The van der Waals surface area contributed by atoms with Crippen LogP contribution in [0.2, 0.25) is 0 Å². The summed E-state index contributed by atoms with van der Waals surface area (Å²) >= 11 is 0. The number of hydrogen-bond acceptors (Lipinski definition) is 2. The van der Waals surface area contributed by atoms with E-state index in [2.05, 4.69) is 0 Å². The van der Waals surface area contributed by atoms with Crippen molar-refractivity contribution in [2.24, 2.45) is 0 Å². The minimum atomic E-state index is -4.32. The van der Waals surface area contributed by atoms with E-state index >= 15 is 0 Å². The Labute approximate surface area is 106 Å². The molecule has 3 N–H and O–H groups in total. The van der Waals surface area contributed by atoms with Gasteiger partial charge in [0.05, 0.1) is 0 Å². The van der Waals surface area contributed by atoms with Crippen molar-refractivity contribution in [3.05, 3.63) is 0 Å². The van der Waals surface area contributed by atoms with Crippen molar-refractivity contribution >= 4 is 13.6 Å². The first-order valence-electron chi connectivity index (χ1n) is 1.68. The molecule has 0 saturated heterocycles. The SMILES string of the molecule is O=C(O)CP(=O)(O)O.[W].[W].[W]. The van der Waals surface area contributed by atoms with Crippen LogP contribution in [0.5, 0.6) is 0 Å². The predicted octanol–water partition coefficient (Wildman–Crippen LogP) is -0.759. The Balaban J connectivity index is -0.0000000817. The molecule has 0 rings (SSSR count). The molecule has 0 aromatic heterocycles. The van der Waals surface area contributed by atoms with Gasteiger partial charge in [-0.15, -0.1) is 0 Å². The summed E-state index contributed by atoms with van der Waals surface area (Å²) in [5.74, 6) is -1.49. The molecule has 5 nitrogen and oxygen atoms in total. The van der Waals surface area contributed by atoms with Gasteiger partial charge < -0.3 is 14.9 Å². The smallest absolute Gasteiger partial charge is 0.336 e. The first kappa shape index (κ1) is 23.0. The molecule has 0 fully saturated rings. The fourth-order valence-electron chi connectivity index (χ4n) is 0.176. The molecule has 0 amide bonds. The fourth-order valence-corrected chi connectivity index (χ4v) is 0.529. The Hall–Kier alpha value is 1.68. The monoisotopic (exact) mass is 692 g/mol. The fraction of sp³-hybridized carbons (Fsp3) is 0.500. The van der Waals surface area contributed by atoms with Gasteiger partial charge in [-0.05, 0) is 0 Å². The Bertz CT molecular complexity index is 143. The molecule has 0 unspecified atom stereocenters. The van der Waals surface area contributed by atoms with Crippen LogP contribution < -0.4 is 0 Å². The van der Waals surface area contributed by atoms with E-state index in [1.165, 1.54) is 0 Å². The average Bonchev–Trinajstić information content (AvgIpc) is 1.21. The maximum atomic E-state index is 9.76. The molecule has 0 radical (unpaired) electrons. The van der Waals surface area contributed by atoms with Crippen LogP contribution in [0.15, 0.2) is 0 Å². The Kier molecular flexibility index (Phi) is 20.4. The van der Waals surface area contributed by atoms with Crippen LogP contribution in [0.4, 0.5) is 0 Å². The number of aliphatic carboxylic acids is 1. The zero-order chi connectivity index (χ0) is 6.78. The molecule has 0 atom stereocenters. The van der Waals surface area contributed by atoms with Crippen molar-refractivity contribution in [1.82, 2.24) is 0 Å². The quantitative estimate of drug-likeness (QED) is 0.332.